The van der Waals surface area contributed by atoms with Crippen LogP contribution in [0.1, 0.15) is 12.0 Å². The maximum Gasteiger partial charge on any atom is 0.410 e. The van der Waals surface area contributed by atoms with Gasteiger partial charge in [0.25, 0.3) is 0 Å². The smallest absolute Gasteiger partial charge is 0.410 e. The minimum Gasteiger partial charge on any atom is -0.490 e. The first-order valence-electron chi connectivity index (χ1n) is 7.43. The van der Waals surface area contributed by atoms with Crippen LogP contribution in [0.5, 0.6) is 5.75 Å². The molecule has 1 aliphatic heterocycles. The summed E-state index contributed by atoms with van der Waals surface area (Å²) in [6.45, 7) is 1.44. The van der Waals surface area contributed by atoms with E-state index in [0.717, 1.165) is 16.5 Å². The molecule has 0 N–H and O–H groups in total. The first-order chi connectivity index (χ1) is 11.2. The van der Waals surface area contributed by atoms with Gasteiger partial charge in [-0.1, -0.05) is 30.3 Å². The van der Waals surface area contributed by atoms with Gasteiger partial charge in [-0.15, -0.1) is 0 Å². The van der Waals surface area contributed by atoms with Crippen molar-refractivity contribution in [2.75, 3.05) is 13.2 Å². The molecule has 23 heavy (non-hydrogen) atoms. The number of rotatable bonds is 5. The molecule has 1 aromatic heterocycles. The van der Waals surface area contributed by atoms with Crippen LogP contribution in [-0.4, -0.2) is 35.2 Å². The fourth-order valence-corrected chi connectivity index (χ4v) is 2.66. The number of hydrogen-bond donors (Lipinski definition) is 0. The molecule has 2 heterocycles. The fraction of sp³-hybridized carbons (Fsp3) is 0.294. The van der Waals surface area contributed by atoms with E-state index in [0.29, 0.717) is 25.5 Å². The lowest BCUT2D eigenvalue weighted by molar-refractivity contribution is 0.0259. The summed E-state index contributed by atoms with van der Waals surface area (Å²) >= 11 is 3.35. The zero-order chi connectivity index (χ0) is 16.1. The van der Waals surface area contributed by atoms with Gasteiger partial charge in [-0.25, -0.2) is 4.79 Å². The number of halogens is 1. The zero-order valence-electron chi connectivity index (χ0n) is 12.5. The van der Waals surface area contributed by atoms with Crippen molar-refractivity contribution in [2.45, 2.75) is 19.1 Å². The highest BCUT2D eigenvalue weighted by atomic mass is 79.9. The average Bonchev–Trinajstić information content (AvgIpc) is 2.53. The molecule has 2 aromatic rings. The van der Waals surface area contributed by atoms with Gasteiger partial charge >= 0.3 is 6.09 Å². The summed E-state index contributed by atoms with van der Waals surface area (Å²) in [5.74, 6) is 0.684. The van der Waals surface area contributed by atoms with Crippen molar-refractivity contribution in [3.05, 3.63) is 58.8 Å². The van der Waals surface area contributed by atoms with Gasteiger partial charge in [0.05, 0.1) is 12.2 Å². The third-order valence-electron chi connectivity index (χ3n) is 3.71. The molecule has 1 unspecified atom stereocenters. The van der Waals surface area contributed by atoms with E-state index in [9.17, 15) is 4.79 Å². The van der Waals surface area contributed by atoms with E-state index >= 15 is 0 Å². The summed E-state index contributed by atoms with van der Waals surface area (Å²) in [7, 11) is 0. The number of ether oxygens (including phenoxy) is 2. The number of aromatic nitrogens is 1. The molecule has 6 heteroatoms. The Balaban J connectivity index is 1.46. The van der Waals surface area contributed by atoms with Crippen LogP contribution in [0.25, 0.3) is 0 Å². The molecule has 5 nitrogen and oxygen atoms in total. The number of hydrogen-bond acceptors (Lipinski definition) is 4. The van der Waals surface area contributed by atoms with Crippen LogP contribution in [-0.2, 0) is 11.3 Å². The van der Waals surface area contributed by atoms with Crippen LogP contribution < -0.4 is 4.74 Å². The number of carbonyl (C=O) groups excluding carboxylic acids is 1. The van der Waals surface area contributed by atoms with Gasteiger partial charge < -0.3 is 14.4 Å². The van der Waals surface area contributed by atoms with Crippen LogP contribution in [0.3, 0.4) is 0 Å². The first kappa shape index (κ1) is 15.8. The summed E-state index contributed by atoms with van der Waals surface area (Å²) in [5, 5.41) is 0. The molecular weight excluding hydrogens is 360 g/mol. The number of benzene rings is 1. The maximum atomic E-state index is 12.1. The Hall–Kier alpha value is -2.08. The Labute approximate surface area is 143 Å². The molecule has 120 valence electrons. The molecule has 1 aliphatic rings. The lowest BCUT2D eigenvalue weighted by Crippen LogP contribution is -2.54. The van der Waals surface area contributed by atoms with Crippen LogP contribution in [0.2, 0.25) is 0 Å². The molecular formula is C17H17BrN2O3. The third-order valence-corrected chi connectivity index (χ3v) is 4.14. The zero-order valence-corrected chi connectivity index (χ0v) is 14.1. The monoisotopic (exact) mass is 376 g/mol. The summed E-state index contributed by atoms with van der Waals surface area (Å²) < 4.78 is 11.9. The molecule has 1 saturated heterocycles. The van der Waals surface area contributed by atoms with Crippen molar-refractivity contribution < 1.29 is 14.3 Å². The second-order valence-electron chi connectivity index (χ2n) is 5.33. The first-order valence-corrected chi connectivity index (χ1v) is 8.22. The number of likely N-dealkylation sites (tertiary alicyclic amines) is 1. The lowest BCUT2D eigenvalue weighted by Gasteiger charge is -2.39. The Morgan fingerprint density at radius 1 is 1.30 bits per heavy atom. The minimum atomic E-state index is -0.291. The highest BCUT2D eigenvalue weighted by Crippen LogP contribution is 2.22. The van der Waals surface area contributed by atoms with Gasteiger partial charge in [0, 0.05) is 17.2 Å². The van der Waals surface area contributed by atoms with Gasteiger partial charge in [0.2, 0.25) is 0 Å². The largest absolute Gasteiger partial charge is 0.490 e. The number of pyridine rings is 1. The highest BCUT2D eigenvalue weighted by Gasteiger charge is 2.33. The van der Waals surface area contributed by atoms with Crippen LogP contribution in [0.4, 0.5) is 4.79 Å². The Kier molecular flexibility index (Phi) is 5.12. The molecule has 1 fully saturated rings. The van der Waals surface area contributed by atoms with Crippen molar-refractivity contribution in [2.24, 2.45) is 0 Å². The normalized spacial score (nSPS) is 16.6. The van der Waals surface area contributed by atoms with Gasteiger partial charge in [-0.2, -0.15) is 0 Å². The molecule has 3 rings (SSSR count). The minimum absolute atomic E-state index is 0.0530. The third kappa shape index (κ3) is 4.22. The lowest BCUT2D eigenvalue weighted by atomic mass is 10.1. The second-order valence-corrected chi connectivity index (χ2v) is 6.24. The quantitative estimate of drug-likeness (QED) is 0.799. The predicted molar refractivity (Wildman–Crippen MR) is 89.2 cm³/mol. The molecule has 0 radical (unpaired) electrons. The predicted octanol–water partition coefficient (Wildman–Crippen LogP) is 3.63. The topological polar surface area (TPSA) is 51.7 Å². The van der Waals surface area contributed by atoms with Crippen LogP contribution in [0.15, 0.2) is 53.3 Å². The van der Waals surface area contributed by atoms with Gasteiger partial charge in [-0.05, 0) is 34.0 Å². The maximum absolute atomic E-state index is 12.1. The van der Waals surface area contributed by atoms with Crippen LogP contribution in [0, 0.1) is 0 Å². The van der Waals surface area contributed by atoms with E-state index in [1.165, 1.54) is 0 Å². The van der Waals surface area contributed by atoms with E-state index in [2.05, 4.69) is 20.9 Å². The van der Waals surface area contributed by atoms with Gasteiger partial charge in [0.15, 0.2) is 0 Å². The van der Waals surface area contributed by atoms with E-state index in [4.69, 9.17) is 9.47 Å². The van der Waals surface area contributed by atoms with Crippen molar-refractivity contribution in [3.63, 3.8) is 0 Å². The van der Waals surface area contributed by atoms with Crippen molar-refractivity contribution >= 4 is 22.0 Å². The summed E-state index contributed by atoms with van der Waals surface area (Å²) in [6.07, 6.45) is 3.98. The van der Waals surface area contributed by atoms with E-state index in [-0.39, 0.29) is 12.1 Å². The van der Waals surface area contributed by atoms with Gasteiger partial charge in [0.1, 0.15) is 19.0 Å². The van der Waals surface area contributed by atoms with Crippen molar-refractivity contribution in [3.8, 4) is 5.75 Å². The molecule has 0 aliphatic carbocycles. The standard InChI is InChI=1S/C17H17BrN2O3/c18-14-8-16(10-19-9-14)22-12-15-6-7-20(15)17(21)23-11-13-4-2-1-3-5-13/h1-5,8-10,15H,6-7,11-12H2. The molecule has 0 saturated carbocycles. The molecule has 1 atom stereocenters. The molecule has 1 aromatic carbocycles. The number of amides is 1. The van der Waals surface area contributed by atoms with E-state index in [1.807, 2.05) is 36.4 Å². The molecule has 0 spiro atoms. The Bertz CT molecular complexity index is 666. The highest BCUT2D eigenvalue weighted by molar-refractivity contribution is 9.10. The van der Waals surface area contributed by atoms with Crippen LogP contribution >= 0.6 is 15.9 Å². The Morgan fingerprint density at radius 2 is 2.13 bits per heavy atom. The Morgan fingerprint density at radius 3 is 2.83 bits per heavy atom. The van der Waals surface area contributed by atoms with E-state index < -0.39 is 0 Å². The van der Waals surface area contributed by atoms with Crippen molar-refractivity contribution in [1.29, 1.82) is 0 Å². The number of carbonyl (C=O) groups is 1. The molecule has 0 bridgehead atoms. The summed E-state index contributed by atoms with van der Waals surface area (Å²) in [4.78, 5) is 17.9. The SMILES string of the molecule is O=C(OCc1ccccc1)N1CCC1COc1cncc(Br)c1. The summed E-state index contributed by atoms with van der Waals surface area (Å²) in [6, 6.07) is 11.6. The second kappa shape index (κ2) is 7.46. The summed E-state index contributed by atoms with van der Waals surface area (Å²) in [5.41, 5.74) is 0.981. The average molecular weight is 377 g/mol. The van der Waals surface area contributed by atoms with E-state index in [1.54, 1.807) is 17.3 Å². The molecule has 1 amide bonds. The number of nitrogens with zero attached hydrogens (tertiary/aromatic N) is 2. The fourth-order valence-electron chi connectivity index (χ4n) is 2.32. The van der Waals surface area contributed by atoms with Crippen molar-refractivity contribution in [1.82, 2.24) is 9.88 Å². The van der Waals surface area contributed by atoms with Gasteiger partial charge in [-0.3, -0.25) is 4.98 Å².